The molecular weight excluding hydrogens is 364 g/mol. The fraction of sp³-hybridized carbons (Fsp3) is 0.684. The first-order valence-electron chi connectivity index (χ1n) is 9.49. The van der Waals surface area contributed by atoms with Crippen molar-refractivity contribution in [3.63, 3.8) is 0 Å². The van der Waals surface area contributed by atoms with Gasteiger partial charge in [0.1, 0.15) is 17.7 Å². The van der Waals surface area contributed by atoms with Crippen LogP contribution in [-0.4, -0.2) is 52.9 Å². The van der Waals surface area contributed by atoms with Crippen LogP contribution in [0.1, 0.15) is 53.4 Å². The van der Waals surface area contributed by atoms with Gasteiger partial charge in [-0.25, -0.2) is 4.79 Å². The minimum atomic E-state index is -0.670. The van der Waals surface area contributed by atoms with Crippen LogP contribution in [-0.2, 0) is 9.53 Å². The maximum Gasteiger partial charge on any atom is 0.408 e. The summed E-state index contributed by atoms with van der Waals surface area (Å²) in [5.41, 5.74) is -0.605. The van der Waals surface area contributed by atoms with Crippen LogP contribution in [0.2, 0.25) is 0 Å². The molecule has 1 atom stereocenters. The van der Waals surface area contributed by atoms with E-state index in [0.29, 0.717) is 11.8 Å². The third-order valence-corrected chi connectivity index (χ3v) is 4.23. The number of hydrogen-bond acceptors (Lipinski definition) is 7. The second-order valence-electron chi connectivity index (χ2n) is 7.87. The Balaban J connectivity index is 1.74. The predicted molar refractivity (Wildman–Crippen MR) is 102 cm³/mol. The van der Waals surface area contributed by atoms with Crippen molar-refractivity contribution < 1.29 is 23.8 Å². The van der Waals surface area contributed by atoms with Gasteiger partial charge in [-0.2, -0.15) is 4.98 Å². The van der Waals surface area contributed by atoms with E-state index in [1.807, 2.05) is 0 Å². The van der Waals surface area contributed by atoms with Gasteiger partial charge >= 0.3 is 6.09 Å². The summed E-state index contributed by atoms with van der Waals surface area (Å²) in [7, 11) is 1.53. The molecule has 1 fully saturated rings. The molecule has 2 N–H and O–H groups in total. The number of hydrogen-bond donors (Lipinski definition) is 2. The normalized spacial score (nSPS) is 20.6. The van der Waals surface area contributed by atoms with Gasteiger partial charge in [0.2, 0.25) is 17.7 Å². The van der Waals surface area contributed by atoms with Gasteiger partial charge in [-0.15, -0.1) is 0 Å². The molecule has 1 unspecified atom stereocenters. The van der Waals surface area contributed by atoms with Crippen molar-refractivity contribution >= 4 is 12.0 Å². The number of rotatable bonds is 6. The highest BCUT2D eigenvalue weighted by molar-refractivity contribution is 5.85. The minimum absolute atomic E-state index is 0.0203. The number of alkyl carbamates (subject to hydrolysis) is 1. The molecule has 1 saturated carbocycles. The van der Waals surface area contributed by atoms with Gasteiger partial charge in [-0.1, -0.05) is 0 Å². The van der Waals surface area contributed by atoms with Gasteiger partial charge < -0.3 is 24.8 Å². The smallest absolute Gasteiger partial charge is 0.408 e. The molecule has 156 valence electrons. The van der Waals surface area contributed by atoms with Crippen LogP contribution < -0.4 is 20.1 Å². The summed E-state index contributed by atoms with van der Waals surface area (Å²) in [6.45, 7) is 6.95. The highest BCUT2D eigenvalue weighted by atomic mass is 16.6. The molecule has 1 heterocycles. The minimum Gasteiger partial charge on any atom is -0.480 e. The Kier molecular flexibility index (Phi) is 7.42. The van der Waals surface area contributed by atoms with Crippen LogP contribution >= 0.6 is 0 Å². The Morgan fingerprint density at radius 1 is 1.14 bits per heavy atom. The van der Waals surface area contributed by atoms with Crippen molar-refractivity contribution in [2.24, 2.45) is 0 Å². The highest BCUT2D eigenvalue weighted by Crippen LogP contribution is 2.23. The quantitative estimate of drug-likeness (QED) is 0.761. The van der Waals surface area contributed by atoms with Crippen molar-refractivity contribution in [3.8, 4) is 11.8 Å². The van der Waals surface area contributed by atoms with Crippen molar-refractivity contribution in [3.05, 3.63) is 12.4 Å². The Morgan fingerprint density at radius 3 is 2.39 bits per heavy atom. The number of methoxy groups -OCH3 is 1. The monoisotopic (exact) mass is 394 g/mol. The molecule has 0 aliphatic heterocycles. The van der Waals surface area contributed by atoms with E-state index >= 15 is 0 Å². The Morgan fingerprint density at radius 2 is 1.79 bits per heavy atom. The zero-order chi connectivity index (χ0) is 20.7. The number of carbonyl (C=O) groups excluding carboxylic acids is 2. The van der Waals surface area contributed by atoms with E-state index in [0.717, 1.165) is 25.7 Å². The Bertz CT molecular complexity index is 669. The number of nitrogens with zero attached hydrogens (tertiary/aromatic N) is 2. The summed E-state index contributed by atoms with van der Waals surface area (Å²) in [5, 5.41) is 5.53. The number of carbonyl (C=O) groups is 2. The fourth-order valence-electron chi connectivity index (χ4n) is 2.86. The van der Waals surface area contributed by atoms with Gasteiger partial charge in [-0.3, -0.25) is 9.78 Å². The molecule has 0 radical (unpaired) electrons. The van der Waals surface area contributed by atoms with Crippen molar-refractivity contribution in [1.29, 1.82) is 0 Å². The molecule has 2 amide bonds. The summed E-state index contributed by atoms with van der Waals surface area (Å²) < 4.78 is 16.1. The lowest BCUT2D eigenvalue weighted by molar-refractivity contribution is -0.123. The molecule has 2 rings (SSSR count). The molecule has 0 spiro atoms. The number of nitrogens with one attached hydrogen (secondary N) is 2. The van der Waals surface area contributed by atoms with Gasteiger partial charge in [0.15, 0.2) is 0 Å². The molecule has 1 aromatic rings. The zero-order valence-electron chi connectivity index (χ0n) is 17.2. The summed E-state index contributed by atoms with van der Waals surface area (Å²) in [6, 6.07) is -0.623. The molecule has 0 saturated heterocycles. The predicted octanol–water partition coefficient (Wildman–Crippen LogP) is 2.20. The number of aromatic nitrogens is 2. The van der Waals surface area contributed by atoms with E-state index < -0.39 is 17.7 Å². The van der Waals surface area contributed by atoms with Gasteiger partial charge in [0.25, 0.3) is 0 Å². The average Bonchev–Trinajstić information content (AvgIpc) is 2.61. The first kappa shape index (κ1) is 21.7. The van der Waals surface area contributed by atoms with Gasteiger partial charge in [0.05, 0.1) is 19.5 Å². The fourth-order valence-corrected chi connectivity index (χ4v) is 2.86. The van der Waals surface area contributed by atoms with E-state index in [4.69, 9.17) is 14.2 Å². The van der Waals surface area contributed by atoms with Crippen LogP contribution in [0.4, 0.5) is 4.79 Å². The maximum absolute atomic E-state index is 12.3. The third-order valence-electron chi connectivity index (χ3n) is 4.23. The van der Waals surface area contributed by atoms with Gasteiger partial charge in [-0.05, 0) is 53.4 Å². The molecule has 1 aromatic heterocycles. The topological polar surface area (TPSA) is 112 Å². The van der Waals surface area contributed by atoms with E-state index in [1.165, 1.54) is 13.3 Å². The number of ether oxygens (including phenoxy) is 3. The van der Waals surface area contributed by atoms with Crippen molar-refractivity contribution in [2.45, 2.75) is 77.2 Å². The van der Waals surface area contributed by atoms with E-state index in [1.54, 1.807) is 33.9 Å². The van der Waals surface area contributed by atoms with Crippen molar-refractivity contribution in [1.82, 2.24) is 20.6 Å². The molecule has 9 heteroatoms. The van der Waals surface area contributed by atoms with E-state index in [9.17, 15) is 9.59 Å². The molecule has 9 nitrogen and oxygen atoms in total. The SMILES string of the molecule is COc1cncc(OC2CCC(NC(=O)C(C)NC(=O)OC(C)(C)C)CC2)n1. The molecule has 28 heavy (non-hydrogen) atoms. The summed E-state index contributed by atoms with van der Waals surface area (Å²) in [4.78, 5) is 32.3. The van der Waals surface area contributed by atoms with Crippen LogP contribution in [0, 0.1) is 0 Å². The van der Waals surface area contributed by atoms with Crippen LogP contribution in [0.3, 0.4) is 0 Å². The van der Waals surface area contributed by atoms with Crippen molar-refractivity contribution in [2.75, 3.05) is 7.11 Å². The first-order valence-corrected chi connectivity index (χ1v) is 9.49. The molecule has 1 aliphatic rings. The van der Waals surface area contributed by atoms with Crippen LogP contribution in [0.25, 0.3) is 0 Å². The van der Waals surface area contributed by atoms with E-state index in [2.05, 4.69) is 20.6 Å². The summed E-state index contributed by atoms with van der Waals surface area (Å²) >= 11 is 0. The molecule has 0 aromatic carbocycles. The Hall–Kier alpha value is -2.58. The average molecular weight is 394 g/mol. The largest absolute Gasteiger partial charge is 0.480 e. The number of amides is 2. The lowest BCUT2D eigenvalue weighted by Gasteiger charge is -2.30. The molecular formula is C19H30N4O5. The standard InChI is InChI=1S/C19H30N4O5/c1-12(21-18(25)28-19(2,3)4)17(24)22-13-6-8-14(9-7-13)27-16-11-20-10-15(23-16)26-5/h10-14H,6-9H2,1-5H3,(H,21,25)(H,22,24). The van der Waals surface area contributed by atoms with Crippen LogP contribution in [0.5, 0.6) is 11.8 Å². The second kappa shape index (κ2) is 9.57. The van der Waals surface area contributed by atoms with Crippen LogP contribution in [0.15, 0.2) is 12.4 Å². The highest BCUT2D eigenvalue weighted by Gasteiger charge is 2.27. The second-order valence-corrected chi connectivity index (χ2v) is 7.87. The molecule has 1 aliphatic carbocycles. The van der Waals surface area contributed by atoms with E-state index in [-0.39, 0.29) is 18.1 Å². The first-order chi connectivity index (χ1) is 13.2. The lowest BCUT2D eigenvalue weighted by Crippen LogP contribution is -2.50. The maximum atomic E-state index is 12.3. The molecule has 0 bridgehead atoms. The summed E-state index contributed by atoms with van der Waals surface area (Å²) in [5.74, 6) is 0.612. The van der Waals surface area contributed by atoms with Gasteiger partial charge in [0, 0.05) is 6.04 Å². The zero-order valence-corrected chi connectivity index (χ0v) is 17.2. The lowest BCUT2D eigenvalue weighted by atomic mass is 9.93. The summed E-state index contributed by atoms with van der Waals surface area (Å²) in [6.07, 6.45) is 5.64. The Labute approximate surface area is 165 Å². The third kappa shape index (κ3) is 7.21.